The molecule has 4 N–H and O–H groups in total. The summed E-state index contributed by atoms with van der Waals surface area (Å²) >= 11 is 1.47. The van der Waals surface area contributed by atoms with Gasteiger partial charge in [0, 0.05) is 11.1 Å². The van der Waals surface area contributed by atoms with Crippen molar-refractivity contribution in [3.05, 3.63) is 35.3 Å². The zero-order valence-electron chi connectivity index (χ0n) is 10.8. The van der Waals surface area contributed by atoms with Crippen molar-refractivity contribution in [1.82, 2.24) is 4.98 Å². The van der Waals surface area contributed by atoms with Crippen molar-refractivity contribution < 1.29 is 4.79 Å². The molecule has 5 nitrogen and oxygen atoms in total. The molecule has 19 heavy (non-hydrogen) atoms. The molecule has 2 rings (SSSR count). The van der Waals surface area contributed by atoms with Crippen molar-refractivity contribution in [2.45, 2.75) is 19.8 Å². The summed E-state index contributed by atoms with van der Waals surface area (Å²) in [5.74, 6) is 0.404. The number of amides is 2. The molecule has 0 aliphatic rings. The predicted molar refractivity (Wildman–Crippen MR) is 79.7 cm³/mol. The van der Waals surface area contributed by atoms with E-state index in [9.17, 15) is 4.79 Å². The normalized spacial score (nSPS) is 10.5. The first-order valence-electron chi connectivity index (χ1n) is 5.94. The van der Waals surface area contributed by atoms with Gasteiger partial charge in [-0.25, -0.2) is 9.78 Å². The Labute approximate surface area is 115 Å². The number of hydrogen-bond donors (Lipinski definition) is 3. The minimum atomic E-state index is -0.345. The van der Waals surface area contributed by atoms with Gasteiger partial charge in [-0.3, -0.25) is 5.32 Å². The maximum absolute atomic E-state index is 11.8. The zero-order chi connectivity index (χ0) is 13.8. The van der Waals surface area contributed by atoms with Crippen LogP contribution in [0.4, 0.5) is 21.3 Å². The van der Waals surface area contributed by atoms with Crippen LogP contribution < -0.4 is 16.4 Å². The molecule has 0 bridgehead atoms. The molecule has 1 heterocycles. The lowest BCUT2D eigenvalue weighted by atomic mass is 10.2. The van der Waals surface area contributed by atoms with Crippen LogP contribution in [-0.2, 0) is 0 Å². The van der Waals surface area contributed by atoms with E-state index in [4.69, 9.17) is 5.73 Å². The lowest BCUT2D eigenvalue weighted by Crippen LogP contribution is -2.19. The van der Waals surface area contributed by atoms with E-state index < -0.39 is 0 Å². The van der Waals surface area contributed by atoms with Crippen LogP contribution in [-0.4, -0.2) is 11.0 Å². The molecule has 0 aliphatic carbocycles. The molecule has 6 heteroatoms. The highest BCUT2D eigenvalue weighted by Gasteiger charge is 2.09. The summed E-state index contributed by atoms with van der Waals surface area (Å²) in [6.07, 6.45) is 1.78. The number of nitrogens with zero attached hydrogens (tertiary/aromatic N) is 1. The number of nitrogens with two attached hydrogens (primary N) is 1. The van der Waals surface area contributed by atoms with E-state index in [1.807, 2.05) is 12.1 Å². The Morgan fingerprint density at radius 3 is 2.68 bits per heavy atom. The summed E-state index contributed by atoms with van der Waals surface area (Å²) in [7, 11) is 0. The van der Waals surface area contributed by atoms with Crippen molar-refractivity contribution in [2.24, 2.45) is 0 Å². The molecule has 2 aromatic rings. The van der Waals surface area contributed by atoms with Crippen molar-refractivity contribution in [1.29, 1.82) is 0 Å². The highest BCUT2D eigenvalue weighted by molar-refractivity contribution is 7.15. The lowest BCUT2D eigenvalue weighted by Gasteiger charge is -2.07. The van der Waals surface area contributed by atoms with Gasteiger partial charge in [0.1, 0.15) is 0 Å². The number of para-hydroxylation sites is 2. The highest BCUT2D eigenvalue weighted by atomic mass is 32.1. The van der Waals surface area contributed by atoms with E-state index in [1.54, 1.807) is 18.3 Å². The van der Waals surface area contributed by atoms with Crippen LogP contribution in [0.5, 0.6) is 0 Å². The number of rotatable bonds is 3. The van der Waals surface area contributed by atoms with E-state index in [-0.39, 0.29) is 6.03 Å². The van der Waals surface area contributed by atoms with Gasteiger partial charge in [0.05, 0.1) is 11.4 Å². The van der Waals surface area contributed by atoms with Crippen LogP contribution >= 0.6 is 11.3 Å². The van der Waals surface area contributed by atoms with Gasteiger partial charge in [-0.2, -0.15) is 0 Å². The van der Waals surface area contributed by atoms with Gasteiger partial charge >= 0.3 is 6.03 Å². The monoisotopic (exact) mass is 276 g/mol. The number of carbonyl (C=O) groups is 1. The molecule has 2 amide bonds. The summed E-state index contributed by atoms with van der Waals surface area (Å²) in [4.78, 5) is 17.1. The molecular weight excluding hydrogens is 260 g/mol. The Kier molecular flexibility index (Phi) is 4.01. The summed E-state index contributed by atoms with van der Waals surface area (Å²) in [5.41, 5.74) is 6.86. The number of hydrogen-bond acceptors (Lipinski definition) is 4. The molecule has 0 saturated heterocycles. The van der Waals surface area contributed by atoms with E-state index >= 15 is 0 Å². The number of aromatic nitrogens is 1. The molecule has 1 aromatic carbocycles. The number of carbonyl (C=O) groups excluding carboxylic acids is 1. The van der Waals surface area contributed by atoms with Crippen molar-refractivity contribution >= 4 is 33.9 Å². The van der Waals surface area contributed by atoms with E-state index in [2.05, 4.69) is 29.5 Å². The third kappa shape index (κ3) is 3.45. The molecule has 0 radical (unpaired) electrons. The van der Waals surface area contributed by atoms with E-state index in [0.717, 1.165) is 4.88 Å². The number of urea groups is 1. The largest absolute Gasteiger partial charge is 0.397 e. The molecule has 0 saturated carbocycles. The van der Waals surface area contributed by atoms with Crippen molar-refractivity contribution in [3.8, 4) is 0 Å². The molecular formula is C13H16N4OS. The molecule has 0 fully saturated rings. The maximum atomic E-state index is 11.8. The Bertz CT molecular complexity index is 580. The molecule has 0 unspecified atom stereocenters. The third-order valence-electron chi connectivity index (χ3n) is 2.52. The number of nitrogens with one attached hydrogen (secondary N) is 2. The summed E-state index contributed by atoms with van der Waals surface area (Å²) in [6.45, 7) is 4.17. The molecule has 1 aromatic heterocycles. The van der Waals surface area contributed by atoms with Gasteiger partial charge in [-0.15, -0.1) is 11.3 Å². The lowest BCUT2D eigenvalue weighted by molar-refractivity contribution is 0.262. The van der Waals surface area contributed by atoms with Gasteiger partial charge < -0.3 is 11.1 Å². The minimum absolute atomic E-state index is 0.345. The van der Waals surface area contributed by atoms with Crippen LogP contribution in [0.2, 0.25) is 0 Å². The molecule has 0 atom stereocenters. The second kappa shape index (κ2) is 5.71. The summed E-state index contributed by atoms with van der Waals surface area (Å²) < 4.78 is 0. The van der Waals surface area contributed by atoms with Gasteiger partial charge in [-0.05, 0) is 18.1 Å². The fourth-order valence-corrected chi connectivity index (χ4v) is 2.29. The average Bonchev–Trinajstić information content (AvgIpc) is 2.80. The number of benzene rings is 1. The van der Waals surface area contributed by atoms with Gasteiger partial charge in [0.2, 0.25) is 0 Å². The van der Waals surface area contributed by atoms with Crippen molar-refractivity contribution in [2.75, 3.05) is 16.4 Å². The topological polar surface area (TPSA) is 80.0 Å². The fraction of sp³-hybridized carbons (Fsp3) is 0.231. The fourth-order valence-electron chi connectivity index (χ4n) is 1.47. The van der Waals surface area contributed by atoms with Crippen LogP contribution in [0, 0.1) is 0 Å². The summed E-state index contributed by atoms with van der Waals surface area (Å²) in [5, 5.41) is 5.96. The number of thiazole rings is 1. The first kappa shape index (κ1) is 13.4. The standard InChI is InChI=1S/C13H16N4OS/c1-8(2)11-7-15-13(19-11)17-12(18)16-10-6-4-3-5-9(10)14/h3-8H,14H2,1-2H3,(H2,15,16,17,18). The minimum Gasteiger partial charge on any atom is -0.397 e. The average molecular weight is 276 g/mol. The van der Waals surface area contributed by atoms with Gasteiger partial charge in [0.15, 0.2) is 5.13 Å². The maximum Gasteiger partial charge on any atom is 0.325 e. The van der Waals surface area contributed by atoms with E-state index in [0.29, 0.717) is 22.4 Å². The highest BCUT2D eigenvalue weighted by Crippen LogP contribution is 2.25. The molecule has 0 spiro atoms. The molecule has 100 valence electrons. The molecule has 0 aliphatic heterocycles. The van der Waals surface area contributed by atoms with Crippen LogP contribution in [0.3, 0.4) is 0 Å². The second-order valence-electron chi connectivity index (χ2n) is 4.39. The predicted octanol–water partition coefficient (Wildman–Crippen LogP) is 3.49. The van der Waals surface area contributed by atoms with Crippen LogP contribution in [0.1, 0.15) is 24.6 Å². The van der Waals surface area contributed by atoms with E-state index in [1.165, 1.54) is 11.3 Å². The quantitative estimate of drug-likeness (QED) is 0.751. The third-order valence-corrected chi connectivity index (χ3v) is 3.74. The first-order valence-corrected chi connectivity index (χ1v) is 6.76. The Hall–Kier alpha value is -2.08. The Balaban J connectivity index is 1.99. The zero-order valence-corrected chi connectivity index (χ0v) is 11.6. The SMILES string of the molecule is CC(C)c1cnc(NC(=O)Nc2ccccc2N)s1. The smallest absolute Gasteiger partial charge is 0.325 e. The summed E-state index contributed by atoms with van der Waals surface area (Å²) in [6, 6.07) is 6.76. The van der Waals surface area contributed by atoms with Gasteiger partial charge in [-0.1, -0.05) is 26.0 Å². The second-order valence-corrected chi connectivity index (χ2v) is 5.45. The van der Waals surface area contributed by atoms with Crippen LogP contribution in [0.15, 0.2) is 30.5 Å². The Morgan fingerprint density at radius 2 is 2.05 bits per heavy atom. The van der Waals surface area contributed by atoms with Gasteiger partial charge in [0.25, 0.3) is 0 Å². The number of anilines is 3. The number of nitrogen functional groups attached to an aromatic ring is 1. The first-order chi connectivity index (χ1) is 9.06. The van der Waals surface area contributed by atoms with Crippen molar-refractivity contribution in [3.63, 3.8) is 0 Å². The van der Waals surface area contributed by atoms with Crippen LogP contribution in [0.25, 0.3) is 0 Å². The Morgan fingerprint density at radius 1 is 1.32 bits per heavy atom.